The molecule has 1 aliphatic rings. The van der Waals surface area contributed by atoms with Gasteiger partial charge in [0.2, 0.25) is 0 Å². The van der Waals surface area contributed by atoms with Crippen molar-refractivity contribution in [1.82, 2.24) is 5.32 Å². The molecule has 1 aromatic carbocycles. The summed E-state index contributed by atoms with van der Waals surface area (Å²) >= 11 is 0. The predicted octanol–water partition coefficient (Wildman–Crippen LogP) is 1.05. The predicted molar refractivity (Wildman–Crippen MR) is 54.9 cm³/mol. The molecule has 1 saturated carbocycles. The van der Waals surface area contributed by atoms with E-state index in [0.717, 1.165) is 12.8 Å². The maximum Gasteiger partial charge on any atom is 0.251 e. The highest BCUT2D eigenvalue weighted by atomic mass is 19.1. The first-order valence-electron chi connectivity index (χ1n) is 4.97. The Morgan fingerprint density at radius 2 is 1.93 bits per heavy atom. The van der Waals surface area contributed by atoms with Crippen LogP contribution >= 0.6 is 0 Å². The Morgan fingerprint density at radius 1 is 1.33 bits per heavy atom. The zero-order valence-electron chi connectivity index (χ0n) is 8.24. The summed E-state index contributed by atoms with van der Waals surface area (Å²) in [5.74, 6) is -0.496. The van der Waals surface area contributed by atoms with Crippen LogP contribution in [0.15, 0.2) is 24.3 Å². The molecule has 2 rings (SSSR count). The fourth-order valence-corrected chi connectivity index (χ4v) is 1.65. The minimum absolute atomic E-state index is 0.160. The van der Waals surface area contributed by atoms with E-state index in [-0.39, 0.29) is 23.8 Å². The summed E-state index contributed by atoms with van der Waals surface area (Å²) in [6.45, 7) is 0. The van der Waals surface area contributed by atoms with Crippen molar-refractivity contribution >= 4 is 5.91 Å². The number of rotatable bonds is 2. The number of benzene rings is 1. The first-order chi connectivity index (χ1) is 7.15. The van der Waals surface area contributed by atoms with E-state index in [9.17, 15) is 9.18 Å². The Labute approximate surface area is 87.5 Å². The van der Waals surface area contributed by atoms with Gasteiger partial charge in [0.25, 0.3) is 5.91 Å². The van der Waals surface area contributed by atoms with Crippen molar-refractivity contribution in [3.05, 3.63) is 35.6 Å². The zero-order valence-corrected chi connectivity index (χ0v) is 8.24. The van der Waals surface area contributed by atoms with Gasteiger partial charge in [0, 0.05) is 17.6 Å². The monoisotopic (exact) mass is 208 g/mol. The van der Waals surface area contributed by atoms with Gasteiger partial charge in [-0.1, -0.05) is 0 Å². The number of carbonyl (C=O) groups is 1. The van der Waals surface area contributed by atoms with Crippen LogP contribution in [0.25, 0.3) is 0 Å². The Balaban J connectivity index is 1.93. The molecule has 0 radical (unpaired) electrons. The highest BCUT2D eigenvalue weighted by Gasteiger charge is 2.27. The summed E-state index contributed by atoms with van der Waals surface area (Å²) in [4.78, 5) is 11.6. The second kappa shape index (κ2) is 3.98. The van der Waals surface area contributed by atoms with Gasteiger partial charge in [-0.3, -0.25) is 4.79 Å². The van der Waals surface area contributed by atoms with Gasteiger partial charge < -0.3 is 11.1 Å². The fourth-order valence-electron chi connectivity index (χ4n) is 1.65. The molecule has 80 valence electrons. The molecule has 1 fully saturated rings. The smallest absolute Gasteiger partial charge is 0.251 e. The zero-order chi connectivity index (χ0) is 10.8. The van der Waals surface area contributed by atoms with Gasteiger partial charge in [-0.2, -0.15) is 0 Å². The minimum Gasteiger partial charge on any atom is -0.349 e. The fraction of sp³-hybridized carbons (Fsp3) is 0.364. The first kappa shape index (κ1) is 10.1. The van der Waals surface area contributed by atoms with E-state index in [2.05, 4.69) is 5.32 Å². The minimum atomic E-state index is -0.336. The molecule has 0 aromatic heterocycles. The topological polar surface area (TPSA) is 55.1 Å². The average molecular weight is 208 g/mol. The van der Waals surface area contributed by atoms with Gasteiger partial charge in [-0.15, -0.1) is 0 Å². The molecule has 4 heteroatoms. The van der Waals surface area contributed by atoms with Crippen LogP contribution in [0, 0.1) is 5.82 Å². The van der Waals surface area contributed by atoms with E-state index >= 15 is 0 Å². The maximum absolute atomic E-state index is 12.6. The quantitative estimate of drug-likeness (QED) is 0.763. The van der Waals surface area contributed by atoms with Gasteiger partial charge in [0.15, 0.2) is 0 Å². The third kappa shape index (κ3) is 2.33. The van der Waals surface area contributed by atoms with Gasteiger partial charge in [0.05, 0.1) is 0 Å². The van der Waals surface area contributed by atoms with Gasteiger partial charge in [-0.05, 0) is 37.1 Å². The van der Waals surface area contributed by atoms with Crippen LogP contribution in [0.3, 0.4) is 0 Å². The number of amides is 1. The molecule has 1 aliphatic carbocycles. The van der Waals surface area contributed by atoms with Crippen molar-refractivity contribution in [3.63, 3.8) is 0 Å². The van der Waals surface area contributed by atoms with E-state index in [1.165, 1.54) is 24.3 Å². The van der Waals surface area contributed by atoms with Crippen molar-refractivity contribution in [2.75, 3.05) is 0 Å². The number of hydrogen-bond acceptors (Lipinski definition) is 2. The summed E-state index contributed by atoms with van der Waals surface area (Å²) in [6.07, 6.45) is 1.65. The average Bonchev–Trinajstić information content (AvgIpc) is 2.16. The van der Waals surface area contributed by atoms with E-state index in [4.69, 9.17) is 5.73 Å². The molecule has 1 aromatic rings. The van der Waals surface area contributed by atoms with Crippen LogP contribution in [0.2, 0.25) is 0 Å². The van der Waals surface area contributed by atoms with Crippen molar-refractivity contribution in [1.29, 1.82) is 0 Å². The summed E-state index contributed by atoms with van der Waals surface area (Å²) in [7, 11) is 0. The molecule has 3 N–H and O–H groups in total. The highest BCUT2D eigenvalue weighted by molar-refractivity contribution is 5.94. The lowest BCUT2D eigenvalue weighted by molar-refractivity contribution is 0.0910. The molecule has 0 unspecified atom stereocenters. The number of halogens is 1. The third-order valence-electron chi connectivity index (χ3n) is 2.62. The number of nitrogens with two attached hydrogens (primary N) is 1. The van der Waals surface area contributed by atoms with Gasteiger partial charge >= 0.3 is 0 Å². The molecule has 0 spiro atoms. The Bertz CT molecular complexity index is 357. The largest absolute Gasteiger partial charge is 0.349 e. The van der Waals surface area contributed by atoms with Crippen LogP contribution in [-0.4, -0.2) is 18.0 Å². The number of carbonyl (C=O) groups excluding carboxylic acids is 1. The molecular formula is C11H13FN2O. The van der Waals surface area contributed by atoms with Gasteiger partial charge in [-0.25, -0.2) is 4.39 Å². The Hall–Kier alpha value is -1.42. The van der Waals surface area contributed by atoms with Gasteiger partial charge in [0.1, 0.15) is 5.82 Å². The molecule has 0 bridgehead atoms. The van der Waals surface area contributed by atoms with Crippen LogP contribution < -0.4 is 11.1 Å². The SMILES string of the molecule is NC1CC(NC(=O)c2ccc(F)cc2)C1. The summed E-state index contributed by atoms with van der Waals surface area (Å²) in [5, 5.41) is 2.84. The molecule has 0 heterocycles. The van der Waals surface area contributed by atoms with Crippen LogP contribution in [0.5, 0.6) is 0 Å². The van der Waals surface area contributed by atoms with E-state index < -0.39 is 0 Å². The molecule has 0 atom stereocenters. The molecule has 1 amide bonds. The number of hydrogen-bond donors (Lipinski definition) is 2. The van der Waals surface area contributed by atoms with E-state index in [0.29, 0.717) is 5.56 Å². The second-order valence-corrected chi connectivity index (χ2v) is 3.91. The lowest BCUT2D eigenvalue weighted by Crippen LogP contribution is -2.50. The van der Waals surface area contributed by atoms with Crippen molar-refractivity contribution in [2.24, 2.45) is 5.73 Å². The molecule has 3 nitrogen and oxygen atoms in total. The first-order valence-corrected chi connectivity index (χ1v) is 4.97. The Kier molecular flexibility index (Phi) is 2.68. The summed E-state index contributed by atoms with van der Waals surface area (Å²) in [6, 6.07) is 5.90. The molecule has 0 aliphatic heterocycles. The molecule has 0 saturated heterocycles. The number of nitrogens with one attached hydrogen (secondary N) is 1. The van der Waals surface area contributed by atoms with Crippen molar-refractivity contribution in [3.8, 4) is 0 Å². The van der Waals surface area contributed by atoms with Crippen LogP contribution in [0.1, 0.15) is 23.2 Å². The second-order valence-electron chi connectivity index (χ2n) is 3.91. The van der Waals surface area contributed by atoms with Crippen molar-refractivity contribution < 1.29 is 9.18 Å². The van der Waals surface area contributed by atoms with E-state index in [1.807, 2.05) is 0 Å². The Morgan fingerprint density at radius 3 is 2.47 bits per heavy atom. The standard InChI is InChI=1S/C11H13FN2O/c12-8-3-1-7(2-4-8)11(15)14-10-5-9(13)6-10/h1-4,9-10H,5-6,13H2,(H,14,15). The third-order valence-corrected chi connectivity index (χ3v) is 2.62. The summed E-state index contributed by atoms with van der Waals surface area (Å²) in [5.41, 5.74) is 6.09. The highest BCUT2D eigenvalue weighted by Crippen LogP contribution is 2.17. The lowest BCUT2D eigenvalue weighted by Gasteiger charge is -2.32. The summed E-state index contributed by atoms with van der Waals surface area (Å²) < 4.78 is 12.6. The molecular weight excluding hydrogens is 195 g/mol. The maximum atomic E-state index is 12.6. The van der Waals surface area contributed by atoms with Crippen LogP contribution in [-0.2, 0) is 0 Å². The van der Waals surface area contributed by atoms with E-state index in [1.54, 1.807) is 0 Å². The van der Waals surface area contributed by atoms with Crippen molar-refractivity contribution in [2.45, 2.75) is 24.9 Å². The molecule has 15 heavy (non-hydrogen) atoms. The normalized spacial score (nSPS) is 24.4. The van der Waals surface area contributed by atoms with Crippen LogP contribution in [0.4, 0.5) is 4.39 Å². The lowest BCUT2D eigenvalue weighted by atomic mass is 9.87.